The summed E-state index contributed by atoms with van der Waals surface area (Å²) in [6, 6.07) is 10.7. The monoisotopic (exact) mass is 344 g/mol. The Labute approximate surface area is 152 Å². The van der Waals surface area contributed by atoms with E-state index in [0.29, 0.717) is 5.41 Å². The van der Waals surface area contributed by atoms with Crippen molar-refractivity contribution in [1.29, 1.82) is 0 Å². The maximum atomic E-state index is 5.54. The predicted molar refractivity (Wildman–Crippen MR) is 104 cm³/mol. The van der Waals surface area contributed by atoms with Crippen LogP contribution in [0.2, 0.25) is 0 Å². The minimum atomic E-state index is 0.441. The third kappa shape index (κ3) is 4.88. The van der Waals surface area contributed by atoms with Crippen LogP contribution in [0.15, 0.2) is 35.3 Å². The zero-order chi connectivity index (χ0) is 17.5. The molecule has 2 aliphatic rings. The molecule has 0 unspecified atom stereocenters. The molecule has 1 heterocycles. The molecule has 0 spiro atoms. The third-order valence-electron chi connectivity index (χ3n) is 5.47. The summed E-state index contributed by atoms with van der Waals surface area (Å²) >= 11 is 0. The van der Waals surface area contributed by atoms with E-state index in [4.69, 9.17) is 4.74 Å². The molecule has 1 aliphatic heterocycles. The highest BCUT2D eigenvalue weighted by Crippen LogP contribution is 2.48. The van der Waals surface area contributed by atoms with Crippen LogP contribution >= 0.6 is 0 Å². The molecule has 2 fully saturated rings. The number of hydrogen-bond donors (Lipinski definition) is 1. The molecule has 0 amide bonds. The van der Waals surface area contributed by atoms with Gasteiger partial charge in [0.05, 0.1) is 0 Å². The van der Waals surface area contributed by atoms with E-state index in [2.05, 4.69) is 57.4 Å². The molecule has 1 aromatic carbocycles. The molecule has 1 aliphatic carbocycles. The van der Waals surface area contributed by atoms with Crippen molar-refractivity contribution in [3.05, 3.63) is 30.3 Å². The zero-order valence-electron chi connectivity index (χ0n) is 15.7. The number of para-hydroxylation sites is 1. The molecule has 1 saturated heterocycles. The lowest BCUT2D eigenvalue weighted by Crippen LogP contribution is -2.53. The second kappa shape index (κ2) is 8.56. The van der Waals surface area contributed by atoms with E-state index in [1.54, 1.807) is 0 Å². The molecule has 1 aromatic rings. The molecule has 0 atom stereocenters. The van der Waals surface area contributed by atoms with E-state index in [1.165, 1.54) is 18.5 Å². The lowest BCUT2D eigenvalue weighted by atomic mass is 10.0. The van der Waals surface area contributed by atoms with E-state index in [-0.39, 0.29) is 0 Å². The highest BCUT2D eigenvalue weighted by Gasteiger charge is 2.42. The van der Waals surface area contributed by atoms with Gasteiger partial charge in [-0.1, -0.05) is 18.2 Å². The van der Waals surface area contributed by atoms with Crippen LogP contribution in [-0.4, -0.2) is 63.8 Å². The number of nitrogens with one attached hydrogen (secondary N) is 1. The van der Waals surface area contributed by atoms with Crippen molar-refractivity contribution in [3.63, 3.8) is 0 Å². The highest BCUT2D eigenvalue weighted by molar-refractivity contribution is 5.80. The van der Waals surface area contributed by atoms with Crippen molar-refractivity contribution < 1.29 is 4.74 Å². The van der Waals surface area contributed by atoms with E-state index < -0.39 is 0 Å². The largest absolute Gasteiger partial charge is 0.382 e. The van der Waals surface area contributed by atoms with E-state index in [0.717, 1.165) is 58.3 Å². The Bertz CT molecular complexity index is 548. The molecular weight excluding hydrogens is 312 g/mol. The second-order valence-electron chi connectivity index (χ2n) is 7.16. The number of aliphatic imine (C=N–C) groups is 1. The molecule has 138 valence electrons. The van der Waals surface area contributed by atoms with Gasteiger partial charge in [0.25, 0.3) is 0 Å². The summed E-state index contributed by atoms with van der Waals surface area (Å²) < 4.78 is 5.54. The van der Waals surface area contributed by atoms with E-state index in [1.807, 2.05) is 7.05 Å². The Morgan fingerprint density at radius 1 is 1.16 bits per heavy atom. The van der Waals surface area contributed by atoms with Crippen LogP contribution in [0.1, 0.15) is 26.2 Å². The summed E-state index contributed by atoms with van der Waals surface area (Å²) in [5.41, 5.74) is 1.76. The van der Waals surface area contributed by atoms with Gasteiger partial charge >= 0.3 is 0 Å². The number of guanidine groups is 1. The number of anilines is 1. The number of ether oxygens (including phenoxy) is 1. The molecule has 0 aromatic heterocycles. The minimum Gasteiger partial charge on any atom is -0.382 e. The van der Waals surface area contributed by atoms with Gasteiger partial charge in [-0.25, -0.2) is 0 Å². The van der Waals surface area contributed by atoms with Crippen LogP contribution in [-0.2, 0) is 4.74 Å². The first-order valence-electron chi connectivity index (χ1n) is 9.60. The second-order valence-corrected chi connectivity index (χ2v) is 7.16. The maximum absolute atomic E-state index is 5.54. The Hall–Kier alpha value is -1.75. The fraction of sp³-hybridized carbons (Fsp3) is 0.650. The van der Waals surface area contributed by atoms with Crippen LogP contribution in [0.4, 0.5) is 5.69 Å². The van der Waals surface area contributed by atoms with E-state index in [9.17, 15) is 0 Å². The molecule has 1 N–H and O–H groups in total. The van der Waals surface area contributed by atoms with Gasteiger partial charge in [-0.15, -0.1) is 0 Å². The Morgan fingerprint density at radius 3 is 2.48 bits per heavy atom. The van der Waals surface area contributed by atoms with Crippen molar-refractivity contribution in [3.8, 4) is 0 Å². The molecule has 0 radical (unpaired) electrons. The van der Waals surface area contributed by atoms with Crippen molar-refractivity contribution in [2.24, 2.45) is 10.4 Å². The maximum Gasteiger partial charge on any atom is 0.193 e. The smallest absolute Gasteiger partial charge is 0.193 e. The summed E-state index contributed by atoms with van der Waals surface area (Å²) in [6.45, 7) is 8.89. The zero-order valence-corrected chi connectivity index (χ0v) is 15.7. The lowest BCUT2D eigenvalue weighted by Gasteiger charge is -2.38. The van der Waals surface area contributed by atoms with Gasteiger partial charge in [-0.3, -0.25) is 4.99 Å². The summed E-state index contributed by atoms with van der Waals surface area (Å²) in [4.78, 5) is 9.36. The number of nitrogens with zero attached hydrogens (tertiary/aromatic N) is 3. The summed E-state index contributed by atoms with van der Waals surface area (Å²) in [7, 11) is 1.89. The first kappa shape index (κ1) is 18.1. The summed E-state index contributed by atoms with van der Waals surface area (Å²) in [6.07, 6.45) is 3.78. The van der Waals surface area contributed by atoms with Crippen LogP contribution in [0.5, 0.6) is 0 Å². The van der Waals surface area contributed by atoms with Gasteiger partial charge in [0, 0.05) is 58.7 Å². The summed E-state index contributed by atoms with van der Waals surface area (Å²) in [5, 5.41) is 3.63. The van der Waals surface area contributed by atoms with Gasteiger partial charge in [0.15, 0.2) is 5.96 Å². The average molecular weight is 345 g/mol. The van der Waals surface area contributed by atoms with Gasteiger partial charge in [-0.05, 0) is 43.7 Å². The van der Waals surface area contributed by atoms with Gasteiger partial charge in [0.2, 0.25) is 0 Å². The lowest BCUT2D eigenvalue weighted by molar-refractivity contribution is 0.128. The fourth-order valence-corrected chi connectivity index (χ4v) is 3.54. The van der Waals surface area contributed by atoms with Gasteiger partial charge in [-0.2, -0.15) is 0 Å². The number of benzene rings is 1. The third-order valence-corrected chi connectivity index (χ3v) is 5.47. The Balaban J connectivity index is 1.45. The number of hydrogen-bond acceptors (Lipinski definition) is 3. The SMILES string of the molecule is CCOCCC1(CNC(=NC)N2CCN(c3ccccc3)CC2)CC1. The normalized spacial score (nSPS) is 19.8. The molecule has 5 heteroatoms. The topological polar surface area (TPSA) is 40.1 Å². The van der Waals surface area contributed by atoms with Crippen LogP contribution < -0.4 is 10.2 Å². The van der Waals surface area contributed by atoms with Crippen molar-refractivity contribution >= 4 is 11.6 Å². The van der Waals surface area contributed by atoms with Gasteiger partial charge in [0.1, 0.15) is 0 Å². The Morgan fingerprint density at radius 2 is 1.88 bits per heavy atom. The quantitative estimate of drug-likeness (QED) is 0.469. The number of rotatable bonds is 7. The van der Waals surface area contributed by atoms with E-state index >= 15 is 0 Å². The van der Waals surface area contributed by atoms with Crippen molar-refractivity contribution in [2.75, 3.05) is 57.9 Å². The standard InChI is InChI=1S/C20H32N4O/c1-3-25-16-11-20(9-10-20)17-22-19(21-2)24-14-12-23(13-15-24)18-7-5-4-6-8-18/h4-8H,3,9-17H2,1-2H3,(H,21,22). The molecule has 1 saturated carbocycles. The summed E-state index contributed by atoms with van der Waals surface area (Å²) in [5.74, 6) is 1.05. The average Bonchev–Trinajstić information content (AvgIpc) is 3.44. The van der Waals surface area contributed by atoms with Crippen LogP contribution in [0.25, 0.3) is 0 Å². The molecule has 5 nitrogen and oxygen atoms in total. The van der Waals surface area contributed by atoms with Crippen molar-refractivity contribution in [2.45, 2.75) is 26.2 Å². The first-order chi connectivity index (χ1) is 12.3. The van der Waals surface area contributed by atoms with Crippen molar-refractivity contribution in [1.82, 2.24) is 10.2 Å². The molecule has 0 bridgehead atoms. The first-order valence-corrected chi connectivity index (χ1v) is 9.60. The minimum absolute atomic E-state index is 0.441. The molecular formula is C20H32N4O. The molecule has 3 rings (SSSR count). The fourth-order valence-electron chi connectivity index (χ4n) is 3.54. The van der Waals surface area contributed by atoms with Crippen LogP contribution in [0.3, 0.4) is 0 Å². The molecule has 25 heavy (non-hydrogen) atoms. The van der Waals surface area contributed by atoms with Crippen LogP contribution in [0, 0.1) is 5.41 Å². The predicted octanol–water partition coefficient (Wildman–Crippen LogP) is 2.59. The van der Waals surface area contributed by atoms with Gasteiger partial charge < -0.3 is 19.9 Å². The highest BCUT2D eigenvalue weighted by atomic mass is 16.5. The Kier molecular flexibility index (Phi) is 6.19. The number of piperazine rings is 1.